The molecule has 1 aliphatic rings. The molecule has 1 saturated heterocycles. The minimum atomic E-state index is -3.77. The lowest BCUT2D eigenvalue weighted by atomic mass is 10.0. The van der Waals surface area contributed by atoms with E-state index in [1.165, 1.54) is 27.8 Å². The molecule has 2 aromatic heterocycles. The summed E-state index contributed by atoms with van der Waals surface area (Å²) in [6, 6.07) is 6.82. The van der Waals surface area contributed by atoms with Crippen LogP contribution in [0.1, 0.15) is 26.2 Å². The minimum absolute atomic E-state index is 0.223. The lowest BCUT2D eigenvalue weighted by Crippen LogP contribution is -2.47. The first-order valence-electron chi connectivity index (χ1n) is 10.4. The molecule has 11 heteroatoms. The number of benzene rings is 1. The highest BCUT2D eigenvalue weighted by atomic mass is 32.2. The maximum atomic E-state index is 13.8. The highest BCUT2D eigenvalue weighted by Crippen LogP contribution is 2.28. The van der Waals surface area contributed by atoms with Crippen molar-refractivity contribution in [2.24, 2.45) is 4.99 Å². The number of ether oxygens (including phenoxy) is 1. The van der Waals surface area contributed by atoms with Gasteiger partial charge in [0.2, 0.25) is 0 Å². The van der Waals surface area contributed by atoms with E-state index in [-0.39, 0.29) is 16.6 Å². The fourth-order valence-corrected chi connectivity index (χ4v) is 7.64. The van der Waals surface area contributed by atoms with Crippen molar-refractivity contribution in [3.63, 3.8) is 0 Å². The summed E-state index contributed by atoms with van der Waals surface area (Å²) in [6.45, 7) is 3.61. The number of halogens is 1. The first kappa shape index (κ1) is 23.2. The summed E-state index contributed by atoms with van der Waals surface area (Å²) in [7, 11) is -3.77. The second kappa shape index (κ2) is 9.92. The van der Waals surface area contributed by atoms with Crippen LogP contribution in [0, 0.1) is 5.82 Å². The number of fused-ring (bicyclic) bond motifs is 1. The molecule has 1 aliphatic heterocycles. The molecule has 1 aromatic carbocycles. The standard InChI is InChI=1S/C21H24FN3O4S3/c1-2-29-12-11-24-16-9-8-15(22)14-18(16)31-21(24)23-20(26)17-6-3-4-10-25(17)32(27,28)19-7-5-13-30-19/h5,7-9,13-14,17H,2-4,6,10-12H2,1H3. The smallest absolute Gasteiger partial charge is 0.266 e. The number of amides is 1. The van der Waals surface area contributed by atoms with Crippen LogP contribution in [0.4, 0.5) is 4.39 Å². The van der Waals surface area contributed by atoms with Gasteiger partial charge in [0.05, 0.1) is 16.8 Å². The second-order valence-electron chi connectivity index (χ2n) is 7.35. The van der Waals surface area contributed by atoms with Gasteiger partial charge in [0.25, 0.3) is 15.9 Å². The Morgan fingerprint density at radius 1 is 1.31 bits per heavy atom. The SMILES string of the molecule is CCOCCn1c(=NC(=O)C2CCCCN2S(=O)(=O)c2cccs2)sc2cc(F)ccc21. The molecule has 1 amide bonds. The molecule has 3 heterocycles. The van der Waals surface area contributed by atoms with Crippen LogP contribution in [0.25, 0.3) is 10.2 Å². The van der Waals surface area contributed by atoms with E-state index in [1.54, 1.807) is 23.6 Å². The fourth-order valence-electron chi connectivity index (χ4n) is 3.78. The second-order valence-corrected chi connectivity index (χ2v) is 11.4. The highest BCUT2D eigenvalue weighted by Gasteiger charge is 2.38. The Hall–Kier alpha value is -1.92. The number of hydrogen-bond donors (Lipinski definition) is 0. The van der Waals surface area contributed by atoms with Crippen molar-refractivity contribution in [2.45, 2.75) is 43.0 Å². The van der Waals surface area contributed by atoms with Crippen LogP contribution in [0.15, 0.2) is 44.9 Å². The summed E-state index contributed by atoms with van der Waals surface area (Å²) in [5.74, 6) is -0.865. The van der Waals surface area contributed by atoms with Gasteiger partial charge in [-0.25, -0.2) is 12.8 Å². The Kier molecular flexibility index (Phi) is 7.21. The Morgan fingerprint density at radius 3 is 2.91 bits per heavy atom. The molecule has 0 saturated carbocycles. The zero-order valence-electron chi connectivity index (χ0n) is 17.6. The van der Waals surface area contributed by atoms with E-state index < -0.39 is 22.0 Å². The molecule has 0 bridgehead atoms. The quantitative estimate of drug-likeness (QED) is 0.467. The van der Waals surface area contributed by atoms with Crippen LogP contribution in [0.5, 0.6) is 0 Å². The third-order valence-corrected chi connectivity index (χ3v) is 9.63. The van der Waals surface area contributed by atoms with Crippen molar-refractivity contribution in [3.8, 4) is 0 Å². The molecule has 1 unspecified atom stereocenters. The van der Waals surface area contributed by atoms with Crippen LogP contribution in [0.2, 0.25) is 0 Å². The van der Waals surface area contributed by atoms with Gasteiger partial charge < -0.3 is 9.30 Å². The van der Waals surface area contributed by atoms with Gasteiger partial charge in [-0.05, 0) is 49.4 Å². The number of rotatable bonds is 7. The zero-order valence-corrected chi connectivity index (χ0v) is 20.0. The summed E-state index contributed by atoms with van der Waals surface area (Å²) in [4.78, 5) is 18.0. The zero-order chi connectivity index (χ0) is 22.7. The van der Waals surface area contributed by atoms with Crippen molar-refractivity contribution in [2.75, 3.05) is 19.8 Å². The summed E-state index contributed by atoms with van der Waals surface area (Å²) >= 11 is 2.35. The number of hydrogen-bond acceptors (Lipinski definition) is 6. The monoisotopic (exact) mass is 497 g/mol. The molecular weight excluding hydrogens is 473 g/mol. The molecule has 7 nitrogen and oxygen atoms in total. The van der Waals surface area contributed by atoms with Crippen LogP contribution in [-0.4, -0.2) is 49.0 Å². The van der Waals surface area contributed by atoms with Crippen molar-refractivity contribution >= 4 is 48.8 Å². The summed E-state index contributed by atoms with van der Waals surface area (Å²) < 4.78 is 49.4. The fraction of sp³-hybridized carbons (Fsp3) is 0.429. The summed E-state index contributed by atoms with van der Waals surface area (Å²) in [5.41, 5.74) is 0.759. The topological polar surface area (TPSA) is 81.0 Å². The van der Waals surface area contributed by atoms with Crippen molar-refractivity contribution in [1.29, 1.82) is 0 Å². The van der Waals surface area contributed by atoms with Crippen molar-refractivity contribution in [3.05, 3.63) is 46.3 Å². The molecule has 1 fully saturated rings. The third-order valence-electron chi connectivity index (χ3n) is 5.31. The predicted octanol–water partition coefficient (Wildman–Crippen LogP) is 3.61. The lowest BCUT2D eigenvalue weighted by molar-refractivity contribution is -0.122. The Morgan fingerprint density at radius 2 is 2.16 bits per heavy atom. The molecule has 172 valence electrons. The number of thiophene rings is 1. The van der Waals surface area contributed by atoms with Gasteiger partial charge in [0.15, 0.2) is 4.80 Å². The molecule has 4 rings (SSSR count). The van der Waals surface area contributed by atoms with Gasteiger partial charge in [-0.15, -0.1) is 11.3 Å². The number of carbonyl (C=O) groups is 1. The van der Waals surface area contributed by atoms with Gasteiger partial charge in [0, 0.05) is 19.7 Å². The van der Waals surface area contributed by atoms with E-state index in [1.807, 2.05) is 11.5 Å². The average molecular weight is 498 g/mol. The van der Waals surface area contributed by atoms with Crippen molar-refractivity contribution in [1.82, 2.24) is 8.87 Å². The van der Waals surface area contributed by atoms with E-state index in [2.05, 4.69) is 4.99 Å². The normalized spacial score (nSPS) is 18.4. The predicted molar refractivity (Wildman–Crippen MR) is 123 cm³/mol. The molecule has 1 atom stereocenters. The molecule has 32 heavy (non-hydrogen) atoms. The van der Waals surface area contributed by atoms with Gasteiger partial charge >= 0.3 is 0 Å². The number of sulfonamides is 1. The lowest BCUT2D eigenvalue weighted by Gasteiger charge is -2.31. The minimum Gasteiger partial charge on any atom is -0.380 e. The number of aromatic nitrogens is 1. The Balaban J connectivity index is 1.72. The van der Waals surface area contributed by atoms with Gasteiger partial charge in [0.1, 0.15) is 16.1 Å². The largest absolute Gasteiger partial charge is 0.380 e. The Labute approximate surface area is 193 Å². The van der Waals surface area contributed by atoms with Crippen LogP contribution in [-0.2, 0) is 26.1 Å². The first-order chi connectivity index (χ1) is 15.4. The van der Waals surface area contributed by atoms with E-state index >= 15 is 0 Å². The number of carbonyl (C=O) groups excluding carboxylic acids is 1. The number of nitrogens with zero attached hydrogens (tertiary/aromatic N) is 3. The van der Waals surface area contributed by atoms with Crippen molar-refractivity contribution < 1.29 is 22.3 Å². The van der Waals surface area contributed by atoms with Crippen LogP contribution in [0.3, 0.4) is 0 Å². The van der Waals surface area contributed by atoms with Crippen LogP contribution < -0.4 is 4.80 Å². The number of piperidine rings is 1. The summed E-state index contributed by atoms with van der Waals surface area (Å²) in [5, 5.41) is 1.70. The molecular formula is C21H24FN3O4S3. The van der Waals surface area contributed by atoms with Gasteiger partial charge in [-0.2, -0.15) is 9.30 Å². The Bertz CT molecular complexity index is 1270. The molecule has 3 aromatic rings. The highest BCUT2D eigenvalue weighted by molar-refractivity contribution is 7.91. The van der Waals surface area contributed by atoms with Crippen LogP contribution >= 0.6 is 22.7 Å². The van der Waals surface area contributed by atoms with E-state index in [0.717, 1.165) is 23.3 Å². The van der Waals surface area contributed by atoms with Gasteiger partial charge in [-0.1, -0.05) is 23.8 Å². The molecule has 0 radical (unpaired) electrons. The van der Waals surface area contributed by atoms with E-state index in [0.29, 0.717) is 42.1 Å². The molecule has 0 spiro atoms. The number of thiazole rings is 1. The summed E-state index contributed by atoms with van der Waals surface area (Å²) in [6.07, 6.45) is 1.88. The van der Waals surface area contributed by atoms with E-state index in [9.17, 15) is 17.6 Å². The molecule has 0 aliphatic carbocycles. The first-order valence-corrected chi connectivity index (χ1v) is 13.6. The third kappa shape index (κ3) is 4.72. The van der Waals surface area contributed by atoms with E-state index in [4.69, 9.17) is 4.74 Å². The van der Waals surface area contributed by atoms with Gasteiger partial charge in [-0.3, -0.25) is 4.79 Å². The molecule has 0 N–H and O–H groups in total. The maximum Gasteiger partial charge on any atom is 0.266 e. The average Bonchev–Trinajstić information content (AvgIpc) is 3.43. The maximum absolute atomic E-state index is 13.8.